The number of hydrogen-bond donors (Lipinski definition) is 0. The van der Waals surface area contributed by atoms with Crippen LogP contribution in [0.5, 0.6) is 23.0 Å². The van der Waals surface area contributed by atoms with Gasteiger partial charge < -0.3 is 18.9 Å². The van der Waals surface area contributed by atoms with Crippen molar-refractivity contribution in [3.8, 4) is 23.0 Å². The minimum Gasteiger partial charge on any atom is -0.497 e. The number of carbonyl (C=O) groups excluding carboxylic acids is 3. The quantitative estimate of drug-likeness (QED) is 0.0971. The summed E-state index contributed by atoms with van der Waals surface area (Å²) in [4.78, 5) is 37.5. The van der Waals surface area contributed by atoms with Crippen LogP contribution < -0.4 is 18.9 Å². The third-order valence-corrected chi connectivity index (χ3v) is 7.89. The lowest BCUT2D eigenvalue weighted by Gasteiger charge is -2.18. The topological polar surface area (TPSA) is 88.1 Å². The van der Waals surface area contributed by atoms with E-state index in [9.17, 15) is 14.4 Å². The fourth-order valence-corrected chi connectivity index (χ4v) is 5.18. The van der Waals surface area contributed by atoms with Crippen LogP contribution in [-0.2, 0) is 4.79 Å². The summed E-state index contributed by atoms with van der Waals surface area (Å²) in [6.45, 7) is 1.94. The molecule has 0 amide bonds. The molecule has 0 fully saturated rings. The summed E-state index contributed by atoms with van der Waals surface area (Å²) >= 11 is 12.4. The van der Waals surface area contributed by atoms with Gasteiger partial charge in [0.1, 0.15) is 28.8 Å². The Bertz CT molecular complexity index is 1680. The fourth-order valence-electron chi connectivity index (χ4n) is 4.61. The molecule has 0 aromatic heterocycles. The number of hydrogen-bond acceptors (Lipinski definition) is 7. The van der Waals surface area contributed by atoms with E-state index in [1.165, 1.54) is 6.08 Å². The largest absolute Gasteiger partial charge is 0.497 e. The predicted molar refractivity (Wildman–Crippen MR) is 187 cm³/mol. The van der Waals surface area contributed by atoms with Gasteiger partial charge in [-0.2, -0.15) is 0 Å². The summed E-state index contributed by atoms with van der Waals surface area (Å²) in [5, 5.41) is 0.806. The average Bonchev–Trinajstić information content (AvgIpc) is 3.10. The Morgan fingerprint density at radius 3 is 1.70 bits per heavy atom. The zero-order valence-corrected chi connectivity index (χ0v) is 28.6. The smallest absolute Gasteiger partial charge is 0.187 e. The molecule has 246 valence electrons. The first-order chi connectivity index (χ1) is 22.6. The molecule has 1 unspecified atom stereocenters. The number of allylic oxidation sites excluding steroid dienone is 1. The number of methoxy groups -OCH3 is 4. The van der Waals surface area contributed by atoms with Gasteiger partial charge >= 0.3 is 0 Å². The summed E-state index contributed by atoms with van der Waals surface area (Å²) in [5.74, 6) is 1.88. The summed E-state index contributed by atoms with van der Waals surface area (Å²) in [6, 6.07) is 24.5. The van der Waals surface area contributed by atoms with E-state index in [2.05, 4.69) is 0 Å². The van der Waals surface area contributed by atoms with E-state index in [-0.39, 0.29) is 23.8 Å². The molecule has 0 saturated carbocycles. The van der Waals surface area contributed by atoms with Crippen LogP contribution in [0, 0.1) is 0 Å². The third kappa shape index (κ3) is 10.7. The maximum Gasteiger partial charge on any atom is 0.187 e. The maximum absolute atomic E-state index is 12.7. The molecule has 0 spiro atoms. The van der Waals surface area contributed by atoms with Crippen LogP contribution >= 0.6 is 23.2 Å². The first kappa shape index (κ1) is 36.9. The van der Waals surface area contributed by atoms with E-state index >= 15 is 0 Å². The number of ether oxygens (including phenoxy) is 4. The summed E-state index contributed by atoms with van der Waals surface area (Å²) in [6.07, 6.45) is 4.44. The highest BCUT2D eigenvalue weighted by atomic mass is 35.5. The summed E-state index contributed by atoms with van der Waals surface area (Å²) < 4.78 is 20.4. The van der Waals surface area contributed by atoms with Crippen molar-refractivity contribution < 1.29 is 33.3 Å². The van der Waals surface area contributed by atoms with Crippen molar-refractivity contribution in [1.29, 1.82) is 0 Å². The molecule has 4 aromatic rings. The van der Waals surface area contributed by atoms with Crippen molar-refractivity contribution in [1.82, 2.24) is 0 Å². The molecule has 7 nitrogen and oxygen atoms in total. The van der Waals surface area contributed by atoms with Crippen LogP contribution in [-0.4, -0.2) is 45.8 Å². The Hall–Kier alpha value is -4.59. The average molecular weight is 678 g/mol. The standard InChI is InChI=1S/C21H23ClO4.C17H15ClO3/c1-4-5-20(23)18(17-11-10-16(26-3)12-19(17)22)13-21(24)14-6-8-15(25-2)9-7-14;1-20-13-6-3-12(4-7-13)5-10-17(19)15-9-8-14(21-2)11-16(15)18/h6-12,18H,4-5,13H2,1-3H3;3-11H,1-2H3. The Labute approximate surface area is 286 Å². The first-order valence-electron chi connectivity index (χ1n) is 14.9. The van der Waals surface area contributed by atoms with Crippen LogP contribution in [0.3, 0.4) is 0 Å². The van der Waals surface area contributed by atoms with Crippen molar-refractivity contribution in [2.45, 2.75) is 32.1 Å². The van der Waals surface area contributed by atoms with Crippen molar-refractivity contribution in [3.05, 3.63) is 123 Å². The molecule has 0 heterocycles. The van der Waals surface area contributed by atoms with E-state index in [0.29, 0.717) is 50.4 Å². The molecule has 0 aliphatic rings. The molecule has 0 aliphatic heterocycles. The monoisotopic (exact) mass is 676 g/mol. The number of carbonyl (C=O) groups is 3. The number of ketones is 3. The van der Waals surface area contributed by atoms with E-state index in [0.717, 1.165) is 17.7 Å². The molecule has 47 heavy (non-hydrogen) atoms. The first-order valence-corrected chi connectivity index (χ1v) is 15.6. The lowest BCUT2D eigenvalue weighted by molar-refractivity contribution is -0.120. The van der Waals surface area contributed by atoms with Gasteiger partial charge in [-0.05, 0) is 90.4 Å². The fraction of sp³-hybridized carbons (Fsp3) is 0.237. The van der Waals surface area contributed by atoms with Crippen molar-refractivity contribution in [3.63, 3.8) is 0 Å². The normalized spacial score (nSPS) is 11.2. The lowest BCUT2D eigenvalue weighted by atomic mass is 9.86. The molecule has 4 rings (SSSR count). The molecule has 0 radical (unpaired) electrons. The van der Waals surface area contributed by atoms with Gasteiger partial charge in [0.25, 0.3) is 0 Å². The van der Waals surface area contributed by atoms with Gasteiger partial charge in [0.15, 0.2) is 11.6 Å². The van der Waals surface area contributed by atoms with Crippen LogP contribution in [0.1, 0.15) is 63.9 Å². The third-order valence-electron chi connectivity index (χ3n) is 7.25. The van der Waals surface area contributed by atoms with Crippen LogP contribution in [0.2, 0.25) is 10.0 Å². The molecule has 0 bridgehead atoms. The van der Waals surface area contributed by atoms with E-state index in [4.69, 9.17) is 42.1 Å². The molecular formula is C38H38Cl2O7. The SMILES string of the molecule is CCCC(=O)C(CC(=O)c1ccc(OC)cc1)c1ccc(OC)cc1Cl.COc1ccc(C=CC(=O)c2ccc(OC)cc2Cl)cc1. The van der Waals surface area contributed by atoms with Crippen LogP contribution in [0.25, 0.3) is 6.08 Å². The number of Topliss-reactive ketones (excluding diaryl/α,β-unsaturated/α-hetero) is 2. The van der Waals surface area contributed by atoms with Crippen molar-refractivity contribution in [2.75, 3.05) is 28.4 Å². The Balaban J connectivity index is 0.000000261. The molecule has 0 N–H and O–H groups in total. The molecule has 9 heteroatoms. The molecule has 1 atom stereocenters. The van der Waals surface area contributed by atoms with Gasteiger partial charge in [-0.15, -0.1) is 0 Å². The molecular weight excluding hydrogens is 639 g/mol. The van der Waals surface area contributed by atoms with Crippen LogP contribution in [0.15, 0.2) is 91.0 Å². The second kappa shape index (κ2) is 18.5. The zero-order valence-electron chi connectivity index (χ0n) is 27.0. The van der Waals surface area contributed by atoms with Gasteiger partial charge in [0.2, 0.25) is 0 Å². The van der Waals surface area contributed by atoms with Crippen molar-refractivity contribution >= 4 is 46.6 Å². The highest BCUT2D eigenvalue weighted by molar-refractivity contribution is 6.35. The number of halogens is 2. The number of rotatable bonds is 14. The van der Waals surface area contributed by atoms with Crippen LogP contribution in [0.4, 0.5) is 0 Å². The highest BCUT2D eigenvalue weighted by Gasteiger charge is 2.26. The Kier molecular flexibility index (Phi) is 14.5. The predicted octanol–water partition coefficient (Wildman–Crippen LogP) is 9.34. The van der Waals surface area contributed by atoms with E-state index < -0.39 is 5.92 Å². The van der Waals surface area contributed by atoms with Gasteiger partial charge in [0, 0.05) is 29.0 Å². The highest BCUT2D eigenvalue weighted by Crippen LogP contribution is 2.33. The number of benzene rings is 4. The van der Waals surface area contributed by atoms with Gasteiger partial charge in [-0.25, -0.2) is 0 Å². The molecule has 0 saturated heterocycles. The van der Waals surface area contributed by atoms with Gasteiger partial charge in [-0.3, -0.25) is 14.4 Å². The van der Waals surface area contributed by atoms with Crippen molar-refractivity contribution in [2.24, 2.45) is 0 Å². The van der Waals surface area contributed by atoms with E-state index in [1.54, 1.807) is 95.2 Å². The van der Waals surface area contributed by atoms with E-state index in [1.807, 2.05) is 31.2 Å². The Morgan fingerprint density at radius 2 is 1.19 bits per heavy atom. The second-order valence-corrected chi connectivity index (χ2v) is 11.1. The second-order valence-electron chi connectivity index (χ2n) is 10.3. The summed E-state index contributed by atoms with van der Waals surface area (Å²) in [5.41, 5.74) is 2.56. The Morgan fingerprint density at radius 1 is 0.681 bits per heavy atom. The van der Waals surface area contributed by atoms with Gasteiger partial charge in [0.05, 0.1) is 39.4 Å². The minimum absolute atomic E-state index is 0.0152. The molecule has 4 aromatic carbocycles. The zero-order chi connectivity index (χ0) is 34.3. The lowest BCUT2D eigenvalue weighted by Crippen LogP contribution is -2.17. The minimum atomic E-state index is -0.567. The summed E-state index contributed by atoms with van der Waals surface area (Å²) in [7, 11) is 6.29. The van der Waals surface area contributed by atoms with Gasteiger partial charge in [-0.1, -0.05) is 54.4 Å². The molecule has 0 aliphatic carbocycles. The maximum atomic E-state index is 12.7.